The third-order valence-electron chi connectivity index (χ3n) is 13.6. The standard InChI is InChI=1S/C46H56N14O5/c1-29(2)37-18-38(40(62)19-39(37)61)43(64)58-24-31-4-3-30(17-32(31)25-58)23-54-7-5-35(6-8-54)60-26-34(22-50-60)42(63)59-27-36(28-59)55-9-11-56(12-10-55)45-51-41(33-20-48-44(47)49-21-33)52-46(53-45)57-13-15-65-16-14-57/h3-4,17-22,26,29,35-36,61-62H,5-16,23-25,27-28H2,1-2H3,(H2,47,48,49). The van der Waals surface area contributed by atoms with Crippen LogP contribution in [0.25, 0.3) is 11.4 Å². The zero-order chi connectivity index (χ0) is 44.8. The van der Waals surface area contributed by atoms with Crippen molar-refractivity contribution in [3.05, 3.63) is 88.5 Å². The van der Waals surface area contributed by atoms with Gasteiger partial charge in [0.25, 0.3) is 11.8 Å². The summed E-state index contributed by atoms with van der Waals surface area (Å²) >= 11 is 0. The molecule has 10 rings (SSSR count). The number of phenols is 2. The van der Waals surface area contributed by atoms with Gasteiger partial charge in [0.15, 0.2) is 5.82 Å². The number of anilines is 3. The zero-order valence-corrected chi connectivity index (χ0v) is 37.0. The average molecular weight is 885 g/mol. The number of phenolic OH excluding ortho intramolecular Hbond substituents is 2. The zero-order valence-electron chi connectivity index (χ0n) is 37.0. The number of nitrogens with two attached hydrogens (primary N) is 1. The van der Waals surface area contributed by atoms with E-state index in [0.29, 0.717) is 92.9 Å². The molecule has 5 aliphatic heterocycles. The Labute approximate surface area is 377 Å². The van der Waals surface area contributed by atoms with Crippen LogP contribution < -0.4 is 15.5 Å². The number of carbonyl (C=O) groups is 2. The van der Waals surface area contributed by atoms with Crippen molar-refractivity contribution in [3.8, 4) is 22.9 Å². The number of nitrogens with zero attached hydrogens (tertiary/aromatic N) is 13. The first-order valence-corrected chi connectivity index (χ1v) is 22.7. The maximum absolute atomic E-state index is 13.6. The molecule has 4 fully saturated rings. The van der Waals surface area contributed by atoms with Gasteiger partial charge in [0, 0.05) is 116 Å². The van der Waals surface area contributed by atoms with E-state index in [-0.39, 0.29) is 46.8 Å². The van der Waals surface area contributed by atoms with Crippen LogP contribution in [0.2, 0.25) is 0 Å². The van der Waals surface area contributed by atoms with Crippen LogP contribution >= 0.6 is 0 Å². The van der Waals surface area contributed by atoms with E-state index < -0.39 is 0 Å². The number of nitrogen functional groups attached to an aromatic ring is 1. The lowest BCUT2D eigenvalue weighted by Gasteiger charge is -2.48. The van der Waals surface area contributed by atoms with Gasteiger partial charge in [-0.3, -0.25) is 24.1 Å². The monoisotopic (exact) mass is 884 g/mol. The lowest BCUT2D eigenvalue weighted by Crippen LogP contribution is -2.64. The molecule has 19 heteroatoms. The fourth-order valence-corrected chi connectivity index (χ4v) is 9.64. The molecule has 5 aliphatic rings. The summed E-state index contributed by atoms with van der Waals surface area (Å²) in [6, 6.07) is 9.87. The summed E-state index contributed by atoms with van der Waals surface area (Å²) < 4.78 is 7.54. The van der Waals surface area contributed by atoms with Crippen molar-refractivity contribution in [2.75, 3.05) is 94.2 Å². The molecule has 0 aliphatic carbocycles. The number of carbonyl (C=O) groups excluding carboxylic acids is 2. The van der Waals surface area contributed by atoms with E-state index in [4.69, 9.17) is 25.4 Å². The van der Waals surface area contributed by atoms with Crippen molar-refractivity contribution in [3.63, 3.8) is 0 Å². The normalized spacial score (nSPS) is 18.9. The first-order valence-electron chi connectivity index (χ1n) is 22.7. The maximum atomic E-state index is 13.6. The van der Waals surface area contributed by atoms with Crippen molar-refractivity contribution < 1.29 is 24.5 Å². The van der Waals surface area contributed by atoms with E-state index in [9.17, 15) is 19.8 Å². The van der Waals surface area contributed by atoms with Crippen LogP contribution in [0.15, 0.2) is 55.1 Å². The van der Waals surface area contributed by atoms with Crippen molar-refractivity contribution >= 4 is 29.7 Å². The van der Waals surface area contributed by atoms with Gasteiger partial charge in [-0.25, -0.2) is 9.97 Å². The minimum Gasteiger partial charge on any atom is -0.508 e. The van der Waals surface area contributed by atoms with E-state index in [1.165, 1.54) is 11.6 Å². The predicted molar refractivity (Wildman–Crippen MR) is 241 cm³/mol. The SMILES string of the molecule is CC(C)c1cc(C(=O)N2Cc3ccc(CN4CCC(n5cc(C(=O)N6CC(N7CCN(c8nc(-c9cnc(N)nc9)nc(N9CCOCC9)n8)CC7)C6)cn5)CC4)cc3C2)c(O)cc1O. The number of benzene rings is 2. The first-order chi connectivity index (χ1) is 31.5. The Bertz CT molecular complexity index is 2540. The number of rotatable bonds is 10. The molecule has 0 radical (unpaired) electrons. The Hall–Kier alpha value is -6.44. The highest BCUT2D eigenvalue weighted by atomic mass is 16.5. The van der Waals surface area contributed by atoms with Crippen LogP contribution in [0, 0.1) is 0 Å². The molecule has 65 heavy (non-hydrogen) atoms. The Morgan fingerprint density at radius 3 is 2.17 bits per heavy atom. The molecule has 0 saturated carbocycles. The number of hydrogen-bond donors (Lipinski definition) is 3. The summed E-state index contributed by atoms with van der Waals surface area (Å²) in [6.45, 7) is 14.7. The summed E-state index contributed by atoms with van der Waals surface area (Å²) in [5.74, 6) is 1.53. The van der Waals surface area contributed by atoms with E-state index in [1.807, 2.05) is 29.6 Å². The quantitative estimate of drug-likeness (QED) is 0.184. The number of likely N-dealkylation sites (tertiary alicyclic amines) is 2. The third kappa shape index (κ3) is 8.87. The average Bonchev–Trinajstić information content (AvgIpc) is 3.98. The number of fused-ring (bicyclic) bond motifs is 1. The molecule has 0 unspecified atom stereocenters. The van der Waals surface area contributed by atoms with Gasteiger partial charge in [0.1, 0.15) is 11.5 Å². The number of piperazine rings is 1. The molecular formula is C46H56N14O5. The smallest absolute Gasteiger partial charge is 0.258 e. The molecule has 0 bridgehead atoms. The molecule has 4 saturated heterocycles. The molecule has 2 aromatic carbocycles. The first kappa shape index (κ1) is 42.5. The van der Waals surface area contributed by atoms with Gasteiger partial charge in [-0.15, -0.1) is 0 Å². The number of ether oxygens (including phenoxy) is 1. The van der Waals surface area contributed by atoms with E-state index in [0.717, 1.165) is 69.8 Å². The van der Waals surface area contributed by atoms with Gasteiger partial charge in [-0.05, 0) is 47.1 Å². The van der Waals surface area contributed by atoms with Crippen LogP contribution in [-0.2, 0) is 24.4 Å². The van der Waals surface area contributed by atoms with Crippen molar-refractivity contribution in [1.29, 1.82) is 0 Å². The van der Waals surface area contributed by atoms with Crippen LogP contribution in [0.4, 0.5) is 17.8 Å². The van der Waals surface area contributed by atoms with E-state index in [2.05, 4.69) is 52.9 Å². The molecule has 3 aromatic heterocycles. The Morgan fingerprint density at radius 2 is 1.46 bits per heavy atom. The van der Waals surface area contributed by atoms with Crippen molar-refractivity contribution in [1.82, 2.24) is 54.3 Å². The number of piperidine rings is 1. The lowest BCUT2D eigenvalue weighted by molar-refractivity contribution is 0.0246. The lowest BCUT2D eigenvalue weighted by atomic mass is 9.98. The van der Waals surface area contributed by atoms with Crippen LogP contribution in [0.5, 0.6) is 11.5 Å². The highest BCUT2D eigenvalue weighted by Gasteiger charge is 2.38. The number of amides is 2. The van der Waals surface area contributed by atoms with Gasteiger partial charge in [0.05, 0.1) is 42.1 Å². The second-order valence-corrected chi connectivity index (χ2v) is 18.1. The summed E-state index contributed by atoms with van der Waals surface area (Å²) in [5.41, 5.74) is 11.3. The van der Waals surface area contributed by atoms with Crippen LogP contribution in [-0.4, -0.2) is 161 Å². The third-order valence-corrected chi connectivity index (χ3v) is 13.6. The second kappa shape index (κ2) is 17.9. The van der Waals surface area contributed by atoms with Gasteiger partial charge in [0.2, 0.25) is 17.8 Å². The summed E-state index contributed by atoms with van der Waals surface area (Å²) in [6.07, 6.45) is 8.79. The Morgan fingerprint density at radius 1 is 0.769 bits per heavy atom. The summed E-state index contributed by atoms with van der Waals surface area (Å²) in [4.78, 5) is 62.8. The van der Waals surface area contributed by atoms with Gasteiger partial charge in [-0.1, -0.05) is 32.0 Å². The topological polar surface area (TPSA) is 212 Å². The van der Waals surface area contributed by atoms with Crippen molar-refractivity contribution in [2.24, 2.45) is 0 Å². The number of aromatic hydroxyl groups is 2. The van der Waals surface area contributed by atoms with Gasteiger partial charge in [-0.2, -0.15) is 20.1 Å². The fraction of sp³-hybridized carbons (Fsp3) is 0.478. The minimum atomic E-state index is -0.244. The summed E-state index contributed by atoms with van der Waals surface area (Å²) in [5, 5.41) is 25.4. The number of aromatic nitrogens is 7. The van der Waals surface area contributed by atoms with Gasteiger partial charge < -0.3 is 40.3 Å². The van der Waals surface area contributed by atoms with E-state index in [1.54, 1.807) is 29.6 Å². The number of morpholine rings is 1. The van der Waals surface area contributed by atoms with Crippen molar-refractivity contribution in [2.45, 2.75) is 64.3 Å². The molecular weight excluding hydrogens is 829 g/mol. The number of hydrogen-bond acceptors (Lipinski definition) is 16. The Kier molecular flexibility index (Phi) is 11.7. The second-order valence-electron chi connectivity index (χ2n) is 18.1. The fourth-order valence-electron chi connectivity index (χ4n) is 9.64. The van der Waals surface area contributed by atoms with Gasteiger partial charge >= 0.3 is 0 Å². The maximum Gasteiger partial charge on any atom is 0.258 e. The molecule has 4 N–H and O–H groups in total. The predicted octanol–water partition coefficient (Wildman–Crippen LogP) is 3.12. The Balaban J connectivity index is 0.686. The molecule has 8 heterocycles. The minimum absolute atomic E-state index is 0.00286. The molecule has 340 valence electrons. The molecule has 5 aromatic rings. The molecule has 0 atom stereocenters. The highest BCUT2D eigenvalue weighted by molar-refractivity contribution is 5.97. The molecule has 0 spiro atoms. The van der Waals surface area contributed by atoms with Crippen LogP contribution in [0.3, 0.4) is 0 Å². The molecule has 2 amide bonds. The van der Waals surface area contributed by atoms with Crippen LogP contribution in [0.1, 0.15) is 81.6 Å². The molecule has 19 nitrogen and oxygen atoms in total. The highest BCUT2D eigenvalue weighted by Crippen LogP contribution is 2.35. The summed E-state index contributed by atoms with van der Waals surface area (Å²) in [7, 11) is 0. The largest absolute Gasteiger partial charge is 0.508 e. The van der Waals surface area contributed by atoms with E-state index >= 15 is 0 Å².